The third-order valence-electron chi connectivity index (χ3n) is 1.75. The van der Waals surface area contributed by atoms with Crippen molar-refractivity contribution in [3.05, 3.63) is 0 Å². The zero-order valence-electron chi connectivity index (χ0n) is 8.36. The Kier molecular flexibility index (Phi) is 8.98. The SMILES string of the molecule is CCCC(CCC(F)(F)F)C(=O)[O-].[Na+]. The summed E-state index contributed by atoms with van der Waals surface area (Å²) in [5, 5.41) is 10.3. The number of alkyl halides is 3. The minimum atomic E-state index is -4.28. The number of hydrogen-bond acceptors (Lipinski definition) is 2. The summed E-state index contributed by atoms with van der Waals surface area (Å²) in [6, 6.07) is 0. The van der Waals surface area contributed by atoms with Crippen molar-refractivity contribution in [2.45, 2.75) is 38.8 Å². The molecule has 0 rings (SSSR count). The van der Waals surface area contributed by atoms with Crippen molar-refractivity contribution in [1.29, 1.82) is 0 Å². The van der Waals surface area contributed by atoms with E-state index in [1.807, 2.05) is 0 Å². The molecule has 0 heterocycles. The molecule has 0 amide bonds. The van der Waals surface area contributed by atoms with E-state index in [0.29, 0.717) is 6.42 Å². The van der Waals surface area contributed by atoms with Gasteiger partial charge in [-0.15, -0.1) is 0 Å². The molecule has 0 spiro atoms. The summed E-state index contributed by atoms with van der Waals surface area (Å²) in [6.07, 6.45) is -4.90. The first-order valence-corrected chi connectivity index (χ1v) is 4.14. The van der Waals surface area contributed by atoms with Gasteiger partial charge in [0.15, 0.2) is 0 Å². The summed E-state index contributed by atoms with van der Waals surface area (Å²) in [6.45, 7) is 1.73. The Balaban J connectivity index is 0. The molecule has 6 heteroatoms. The molecule has 78 valence electrons. The van der Waals surface area contributed by atoms with Crippen LogP contribution < -0.4 is 34.7 Å². The van der Waals surface area contributed by atoms with Crippen LogP contribution in [0.4, 0.5) is 13.2 Å². The number of rotatable bonds is 5. The van der Waals surface area contributed by atoms with E-state index in [9.17, 15) is 23.1 Å². The zero-order valence-corrected chi connectivity index (χ0v) is 10.4. The molecule has 1 atom stereocenters. The quantitative estimate of drug-likeness (QED) is 0.529. The first kappa shape index (κ1) is 16.7. The molecule has 0 radical (unpaired) electrons. The van der Waals surface area contributed by atoms with Crippen LogP contribution in [0.25, 0.3) is 0 Å². The summed E-state index contributed by atoms with van der Waals surface area (Å²) < 4.78 is 35.1. The first-order chi connectivity index (χ1) is 5.87. The molecule has 2 nitrogen and oxygen atoms in total. The molecular weight excluding hydrogens is 208 g/mol. The van der Waals surface area contributed by atoms with Gasteiger partial charge in [-0.05, 0) is 18.8 Å². The summed E-state index contributed by atoms with van der Waals surface area (Å²) in [5.74, 6) is -2.35. The number of aliphatic carboxylic acids is 1. The molecule has 0 saturated heterocycles. The maximum Gasteiger partial charge on any atom is 1.00 e. The average Bonchev–Trinajstić information content (AvgIpc) is 1.95. The number of carboxylic acid groups (broad SMARTS) is 1. The number of halogens is 3. The van der Waals surface area contributed by atoms with Crippen LogP contribution in [0.2, 0.25) is 0 Å². The Hall–Kier alpha value is 0.260. The Morgan fingerprint density at radius 1 is 1.36 bits per heavy atom. The van der Waals surface area contributed by atoms with Crippen LogP contribution in [0.3, 0.4) is 0 Å². The molecule has 0 bridgehead atoms. The summed E-state index contributed by atoms with van der Waals surface area (Å²) in [5.41, 5.74) is 0. The van der Waals surface area contributed by atoms with Crippen LogP contribution in [-0.2, 0) is 4.79 Å². The molecular formula is C8H12F3NaO2. The van der Waals surface area contributed by atoms with Gasteiger partial charge in [-0.1, -0.05) is 13.3 Å². The average molecular weight is 220 g/mol. The molecule has 0 aliphatic rings. The number of hydrogen-bond donors (Lipinski definition) is 0. The van der Waals surface area contributed by atoms with Crippen molar-refractivity contribution in [2.24, 2.45) is 5.92 Å². The fourth-order valence-electron chi connectivity index (χ4n) is 1.07. The van der Waals surface area contributed by atoms with Crippen molar-refractivity contribution in [3.8, 4) is 0 Å². The Labute approximate surface area is 103 Å². The summed E-state index contributed by atoms with van der Waals surface area (Å²) >= 11 is 0. The van der Waals surface area contributed by atoms with Crippen molar-refractivity contribution >= 4 is 5.97 Å². The van der Waals surface area contributed by atoms with Crippen LogP contribution in [0.5, 0.6) is 0 Å². The van der Waals surface area contributed by atoms with E-state index in [4.69, 9.17) is 0 Å². The van der Waals surface area contributed by atoms with E-state index in [-0.39, 0.29) is 42.4 Å². The van der Waals surface area contributed by atoms with E-state index < -0.39 is 24.5 Å². The molecule has 0 aromatic carbocycles. The molecule has 0 saturated carbocycles. The monoisotopic (exact) mass is 220 g/mol. The fourth-order valence-corrected chi connectivity index (χ4v) is 1.07. The maximum absolute atomic E-state index is 11.7. The number of carbonyl (C=O) groups excluding carboxylic acids is 1. The van der Waals surface area contributed by atoms with Gasteiger partial charge in [0.25, 0.3) is 0 Å². The number of carbonyl (C=O) groups is 1. The van der Waals surface area contributed by atoms with Crippen LogP contribution in [-0.4, -0.2) is 12.1 Å². The maximum atomic E-state index is 11.7. The number of carboxylic acids is 1. The van der Waals surface area contributed by atoms with E-state index in [2.05, 4.69) is 0 Å². The first-order valence-electron chi connectivity index (χ1n) is 4.14. The van der Waals surface area contributed by atoms with Gasteiger partial charge in [0, 0.05) is 12.4 Å². The largest absolute Gasteiger partial charge is 1.00 e. The van der Waals surface area contributed by atoms with Gasteiger partial charge in [-0.25, -0.2) is 0 Å². The second-order valence-corrected chi connectivity index (χ2v) is 2.96. The second kappa shape index (κ2) is 7.54. The van der Waals surface area contributed by atoms with Crippen LogP contribution in [0.1, 0.15) is 32.6 Å². The van der Waals surface area contributed by atoms with E-state index >= 15 is 0 Å². The standard InChI is InChI=1S/C8H13F3O2.Na/c1-2-3-6(7(12)13)4-5-8(9,10)11;/h6H,2-5H2,1H3,(H,12,13);/q;+1/p-1. The second-order valence-electron chi connectivity index (χ2n) is 2.96. The predicted molar refractivity (Wildman–Crippen MR) is 38.7 cm³/mol. The predicted octanol–water partition coefficient (Wildman–Crippen LogP) is -1.50. The Bertz CT molecular complexity index is 170. The summed E-state index contributed by atoms with van der Waals surface area (Å²) in [7, 11) is 0. The molecule has 14 heavy (non-hydrogen) atoms. The van der Waals surface area contributed by atoms with Crippen molar-refractivity contribution < 1.29 is 52.6 Å². The molecule has 0 aromatic rings. The molecule has 0 fully saturated rings. The minimum absolute atomic E-state index is 0. The minimum Gasteiger partial charge on any atom is -0.550 e. The molecule has 0 aromatic heterocycles. The molecule has 0 aliphatic heterocycles. The molecule has 0 aliphatic carbocycles. The zero-order chi connectivity index (χ0) is 10.5. The third-order valence-corrected chi connectivity index (χ3v) is 1.75. The van der Waals surface area contributed by atoms with Gasteiger partial charge >= 0.3 is 35.7 Å². The van der Waals surface area contributed by atoms with Crippen LogP contribution in [0, 0.1) is 5.92 Å². The van der Waals surface area contributed by atoms with E-state index in [0.717, 1.165) is 0 Å². The molecule has 1 unspecified atom stereocenters. The normalized spacial score (nSPS) is 13.1. The topological polar surface area (TPSA) is 40.1 Å². The smallest absolute Gasteiger partial charge is 0.550 e. The van der Waals surface area contributed by atoms with Gasteiger partial charge in [0.05, 0.1) is 0 Å². The van der Waals surface area contributed by atoms with Crippen LogP contribution >= 0.6 is 0 Å². The van der Waals surface area contributed by atoms with Gasteiger partial charge in [0.2, 0.25) is 0 Å². The van der Waals surface area contributed by atoms with Gasteiger partial charge in [-0.3, -0.25) is 0 Å². The molecule has 0 N–H and O–H groups in total. The summed E-state index contributed by atoms with van der Waals surface area (Å²) in [4.78, 5) is 10.3. The van der Waals surface area contributed by atoms with E-state index in [1.165, 1.54) is 0 Å². The fraction of sp³-hybridized carbons (Fsp3) is 0.875. The van der Waals surface area contributed by atoms with Crippen molar-refractivity contribution in [3.63, 3.8) is 0 Å². The van der Waals surface area contributed by atoms with Crippen LogP contribution in [0.15, 0.2) is 0 Å². The van der Waals surface area contributed by atoms with Gasteiger partial charge in [0.1, 0.15) is 0 Å². The van der Waals surface area contributed by atoms with Crippen molar-refractivity contribution in [2.75, 3.05) is 0 Å². The van der Waals surface area contributed by atoms with Crippen molar-refractivity contribution in [1.82, 2.24) is 0 Å². The third kappa shape index (κ3) is 8.84. The Morgan fingerprint density at radius 3 is 2.14 bits per heavy atom. The van der Waals surface area contributed by atoms with Gasteiger partial charge in [-0.2, -0.15) is 13.2 Å². The Morgan fingerprint density at radius 2 is 1.86 bits per heavy atom. The van der Waals surface area contributed by atoms with Gasteiger partial charge < -0.3 is 9.90 Å². The van der Waals surface area contributed by atoms with E-state index in [1.54, 1.807) is 6.92 Å².